The third-order valence-electron chi connectivity index (χ3n) is 5.24. The Morgan fingerprint density at radius 1 is 1.14 bits per heavy atom. The van der Waals surface area contributed by atoms with Gasteiger partial charge in [0.15, 0.2) is 0 Å². The molecule has 3 nitrogen and oxygen atoms in total. The molecule has 2 heterocycles. The van der Waals surface area contributed by atoms with E-state index >= 15 is 0 Å². The number of benzene rings is 2. The number of hydrogen-bond acceptors (Lipinski definition) is 3. The fourth-order valence-electron chi connectivity index (χ4n) is 3.93. The van der Waals surface area contributed by atoms with E-state index in [2.05, 4.69) is 4.98 Å². The van der Waals surface area contributed by atoms with Gasteiger partial charge in [0.25, 0.3) is 0 Å². The highest BCUT2D eigenvalue weighted by atomic mass is 35.5. The van der Waals surface area contributed by atoms with E-state index in [-0.39, 0.29) is 5.82 Å². The van der Waals surface area contributed by atoms with Crippen molar-refractivity contribution in [3.05, 3.63) is 106 Å². The molecule has 1 aliphatic rings. The van der Waals surface area contributed by atoms with E-state index in [9.17, 15) is 13.9 Å². The van der Waals surface area contributed by atoms with Crippen molar-refractivity contribution in [1.82, 2.24) is 9.88 Å². The fraction of sp³-hybridized carbons (Fsp3) is 0.174. The standard InChI is InChI=1S/C23H19ClF2N2O/c1-28-13-19(18-9-6-16(24)11-20(18)26)21(23(29)15-3-2-10-27-12-15)22(28)14-4-7-17(25)8-5-14/h2-12,19,23,29H,13H2,1H3. The van der Waals surface area contributed by atoms with Crippen molar-refractivity contribution in [2.24, 2.45) is 0 Å². The highest BCUT2D eigenvalue weighted by Gasteiger charge is 2.37. The van der Waals surface area contributed by atoms with Crippen molar-refractivity contribution in [1.29, 1.82) is 0 Å². The van der Waals surface area contributed by atoms with Gasteiger partial charge >= 0.3 is 0 Å². The predicted molar refractivity (Wildman–Crippen MR) is 109 cm³/mol. The SMILES string of the molecule is CN1CC(c2ccc(Cl)cc2F)C(C(O)c2cccnc2)=C1c1ccc(F)cc1. The molecule has 0 bridgehead atoms. The Hall–Kier alpha value is -2.76. The van der Waals surface area contributed by atoms with Crippen LogP contribution in [-0.4, -0.2) is 28.6 Å². The maximum atomic E-state index is 14.8. The van der Waals surface area contributed by atoms with Crippen LogP contribution in [0.3, 0.4) is 0 Å². The quantitative estimate of drug-likeness (QED) is 0.640. The van der Waals surface area contributed by atoms with Crippen LogP contribution < -0.4 is 0 Å². The van der Waals surface area contributed by atoms with Crippen LogP contribution in [0.5, 0.6) is 0 Å². The van der Waals surface area contributed by atoms with Crippen LogP contribution >= 0.6 is 11.6 Å². The van der Waals surface area contributed by atoms with Crippen molar-refractivity contribution in [3.63, 3.8) is 0 Å². The molecule has 1 aliphatic heterocycles. The summed E-state index contributed by atoms with van der Waals surface area (Å²) in [6.07, 6.45) is 2.23. The van der Waals surface area contributed by atoms with Gasteiger partial charge in [-0.15, -0.1) is 0 Å². The van der Waals surface area contributed by atoms with Crippen molar-refractivity contribution >= 4 is 17.3 Å². The number of rotatable bonds is 4. The van der Waals surface area contributed by atoms with Crippen molar-refractivity contribution in [2.45, 2.75) is 12.0 Å². The van der Waals surface area contributed by atoms with Crippen LogP contribution in [0.4, 0.5) is 8.78 Å². The van der Waals surface area contributed by atoms with Gasteiger partial charge in [0, 0.05) is 48.2 Å². The Morgan fingerprint density at radius 3 is 2.55 bits per heavy atom. The lowest BCUT2D eigenvalue weighted by Crippen LogP contribution is -2.16. The summed E-state index contributed by atoms with van der Waals surface area (Å²) in [6, 6.07) is 14.2. The summed E-state index contributed by atoms with van der Waals surface area (Å²) < 4.78 is 28.3. The van der Waals surface area contributed by atoms with Crippen LogP contribution in [0.1, 0.15) is 28.7 Å². The summed E-state index contributed by atoms with van der Waals surface area (Å²) >= 11 is 5.93. The summed E-state index contributed by atoms with van der Waals surface area (Å²) in [5.41, 5.74) is 3.21. The molecule has 1 N–H and O–H groups in total. The third kappa shape index (κ3) is 3.76. The number of aliphatic hydroxyl groups excluding tert-OH is 1. The van der Waals surface area contributed by atoms with Gasteiger partial charge in [0.1, 0.15) is 17.7 Å². The number of likely N-dealkylation sites (N-methyl/N-ethyl adjacent to an activating group) is 1. The molecule has 148 valence electrons. The second kappa shape index (κ2) is 7.93. The molecule has 0 aliphatic carbocycles. The first-order chi connectivity index (χ1) is 14.0. The van der Waals surface area contributed by atoms with Crippen LogP contribution in [0, 0.1) is 11.6 Å². The van der Waals surface area contributed by atoms with E-state index in [0.29, 0.717) is 28.3 Å². The largest absolute Gasteiger partial charge is 0.384 e. The number of aliphatic hydroxyl groups is 1. The highest BCUT2D eigenvalue weighted by molar-refractivity contribution is 6.30. The topological polar surface area (TPSA) is 36.4 Å². The minimum absolute atomic E-state index is 0.315. The first-order valence-corrected chi connectivity index (χ1v) is 9.57. The Kier molecular flexibility index (Phi) is 5.35. The summed E-state index contributed by atoms with van der Waals surface area (Å²) in [7, 11) is 1.88. The average molecular weight is 413 g/mol. The third-order valence-corrected chi connectivity index (χ3v) is 5.47. The zero-order chi connectivity index (χ0) is 20.5. The predicted octanol–water partition coefficient (Wildman–Crippen LogP) is 5.19. The maximum Gasteiger partial charge on any atom is 0.128 e. The van der Waals surface area contributed by atoms with Gasteiger partial charge < -0.3 is 10.0 Å². The summed E-state index contributed by atoms with van der Waals surface area (Å²) in [5.74, 6) is -1.16. The zero-order valence-electron chi connectivity index (χ0n) is 15.7. The van der Waals surface area contributed by atoms with E-state index in [1.807, 2.05) is 11.9 Å². The van der Waals surface area contributed by atoms with E-state index in [1.165, 1.54) is 18.2 Å². The van der Waals surface area contributed by atoms with Gasteiger partial charge in [-0.3, -0.25) is 4.98 Å². The fourth-order valence-corrected chi connectivity index (χ4v) is 4.09. The van der Waals surface area contributed by atoms with Gasteiger partial charge in [-0.05, 0) is 59.2 Å². The molecule has 2 aromatic carbocycles. The molecule has 0 radical (unpaired) electrons. The molecule has 3 aromatic rings. The minimum atomic E-state index is -0.992. The summed E-state index contributed by atoms with van der Waals surface area (Å²) in [5, 5.41) is 11.6. The molecule has 0 spiro atoms. The normalized spacial score (nSPS) is 17.7. The Bertz CT molecular complexity index is 1050. The van der Waals surface area contributed by atoms with Crippen LogP contribution in [0.25, 0.3) is 5.70 Å². The molecule has 0 saturated carbocycles. The lowest BCUT2D eigenvalue weighted by molar-refractivity contribution is 0.209. The van der Waals surface area contributed by atoms with Crippen LogP contribution in [0.15, 0.2) is 72.6 Å². The molecule has 0 fully saturated rings. The molecular weight excluding hydrogens is 394 g/mol. The van der Waals surface area contributed by atoms with Crippen molar-refractivity contribution < 1.29 is 13.9 Å². The summed E-state index contributed by atoms with van der Waals surface area (Å²) in [6.45, 7) is 0.470. The van der Waals surface area contributed by atoms with E-state index < -0.39 is 17.8 Å². The number of aromatic nitrogens is 1. The molecule has 4 rings (SSSR count). The number of halogens is 3. The van der Waals surface area contributed by atoms with Gasteiger partial charge in [0.2, 0.25) is 0 Å². The monoisotopic (exact) mass is 412 g/mol. The number of pyridine rings is 1. The summed E-state index contributed by atoms with van der Waals surface area (Å²) in [4.78, 5) is 6.05. The Morgan fingerprint density at radius 2 is 1.90 bits per heavy atom. The molecule has 29 heavy (non-hydrogen) atoms. The first-order valence-electron chi connectivity index (χ1n) is 9.19. The van der Waals surface area contributed by atoms with E-state index in [0.717, 1.165) is 11.3 Å². The Labute approximate surface area is 172 Å². The molecular formula is C23H19ClF2N2O. The van der Waals surface area contributed by atoms with E-state index in [4.69, 9.17) is 11.6 Å². The van der Waals surface area contributed by atoms with Crippen LogP contribution in [-0.2, 0) is 0 Å². The molecule has 1 aromatic heterocycles. The van der Waals surface area contributed by atoms with E-state index in [1.54, 1.807) is 48.8 Å². The van der Waals surface area contributed by atoms with Gasteiger partial charge in [-0.1, -0.05) is 23.7 Å². The Balaban J connectivity index is 1.90. The first kappa shape index (κ1) is 19.6. The van der Waals surface area contributed by atoms with Crippen molar-refractivity contribution in [2.75, 3.05) is 13.6 Å². The van der Waals surface area contributed by atoms with Crippen LogP contribution in [0.2, 0.25) is 5.02 Å². The van der Waals surface area contributed by atoms with Crippen molar-refractivity contribution in [3.8, 4) is 0 Å². The second-order valence-electron chi connectivity index (χ2n) is 7.10. The zero-order valence-corrected chi connectivity index (χ0v) is 16.4. The smallest absolute Gasteiger partial charge is 0.128 e. The number of nitrogens with zero attached hydrogens (tertiary/aromatic N) is 2. The molecule has 0 saturated heterocycles. The highest BCUT2D eigenvalue weighted by Crippen LogP contribution is 2.46. The second-order valence-corrected chi connectivity index (χ2v) is 7.54. The lowest BCUT2D eigenvalue weighted by atomic mass is 9.85. The molecule has 2 atom stereocenters. The molecule has 2 unspecified atom stereocenters. The molecule has 6 heteroatoms. The lowest BCUT2D eigenvalue weighted by Gasteiger charge is -2.21. The average Bonchev–Trinajstić information content (AvgIpc) is 3.05. The maximum absolute atomic E-state index is 14.8. The molecule has 0 amide bonds. The van der Waals surface area contributed by atoms with Gasteiger partial charge in [-0.25, -0.2) is 8.78 Å². The number of hydrogen-bond donors (Lipinski definition) is 1. The minimum Gasteiger partial charge on any atom is -0.384 e. The van der Waals surface area contributed by atoms with Gasteiger partial charge in [-0.2, -0.15) is 0 Å². The van der Waals surface area contributed by atoms with Gasteiger partial charge in [0.05, 0.1) is 0 Å².